The Labute approximate surface area is 131 Å². The van der Waals surface area contributed by atoms with Crippen LogP contribution in [0.2, 0.25) is 5.02 Å². The molecule has 0 amide bonds. The van der Waals surface area contributed by atoms with E-state index < -0.39 is 5.97 Å². The second-order valence-corrected chi connectivity index (χ2v) is 5.02. The third-order valence-corrected chi connectivity index (χ3v) is 3.29. The van der Waals surface area contributed by atoms with Crippen molar-refractivity contribution in [3.05, 3.63) is 59.2 Å². The minimum atomic E-state index is -0.446. The summed E-state index contributed by atoms with van der Waals surface area (Å²) in [6.45, 7) is -0.0788. The van der Waals surface area contributed by atoms with Crippen molar-refractivity contribution >= 4 is 17.6 Å². The van der Waals surface area contributed by atoms with E-state index in [2.05, 4.69) is 10.2 Å². The van der Waals surface area contributed by atoms with Crippen molar-refractivity contribution in [1.82, 2.24) is 14.8 Å². The molecule has 1 aromatic carbocycles. The summed E-state index contributed by atoms with van der Waals surface area (Å²) >= 11 is 5.82. The Balaban J connectivity index is 1.66. The lowest BCUT2D eigenvalue weighted by atomic mass is 10.2. The Hall–Kier alpha value is -2.60. The quantitative estimate of drug-likeness (QED) is 0.692. The number of aryl methyl sites for hydroxylation is 1. The number of hydrogen-bond acceptors (Lipinski definition) is 5. The van der Waals surface area contributed by atoms with Gasteiger partial charge in [0.1, 0.15) is 5.69 Å². The number of halogens is 1. The summed E-state index contributed by atoms with van der Waals surface area (Å²) in [6, 6.07) is 10.5. The molecule has 112 valence electrons. The molecule has 22 heavy (non-hydrogen) atoms. The standard InChI is InChI=1S/C15H12ClN3O3/c1-19-8-2-3-12(19)15(20)21-9-13-17-18-14(22-13)10-4-6-11(16)7-5-10/h2-8H,9H2,1H3. The number of hydrogen-bond donors (Lipinski definition) is 0. The van der Waals surface area contributed by atoms with Gasteiger partial charge >= 0.3 is 5.97 Å². The predicted molar refractivity (Wildman–Crippen MR) is 79.3 cm³/mol. The van der Waals surface area contributed by atoms with E-state index in [1.54, 1.807) is 54.2 Å². The number of ether oxygens (including phenoxy) is 1. The molecule has 0 spiro atoms. The molecule has 0 aliphatic heterocycles. The van der Waals surface area contributed by atoms with Crippen molar-refractivity contribution in [3.8, 4) is 11.5 Å². The van der Waals surface area contributed by atoms with Gasteiger partial charge in [0.05, 0.1) is 0 Å². The lowest BCUT2D eigenvalue weighted by Crippen LogP contribution is -2.09. The summed E-state index contributed by atoms with van der Waals surface area (Å²) in [5, 5.41) is 8.40. The maximum Gasteiger partial charge on any atom is 0.355 e. The van der Waals surface area contributed by atoms with Crippen LogP contribution in [0, 0.1) is 0 Å². The van der Waals surface area contributed by atoms with Gasteiger partial charge in [-0.2, -0.15) is 0 Å². The highest BCUT2D eigenvalue weighted by Crippen LogP contribution is 2.20. The minimum Gasteiger partial charge on any atom is -0.451 e. The lowest BCUT2D eigenvalue weighted by molar-refractivity contribution is 0.0427. The largest absolute Gasteiger partial charge is 0.451 e. The molecule has 0 aliphatic rings. The molecule has 0 atom stereocenters. The molecule has 2 heterocycles. The van der Waals surface area contributed by atoms with E-state index in [0.29, 0.717) is 16.6 Å². The first-order chi connectivity index (χ1) is 10.6. The number of esters is 1. The first-order valence-electron chi connectivity index (χ1n) is 6.50. The van der Waals surface area contributed by atoms with E-state index in [1.165, 1.54) is 0 Å². The first kappa shape index (κ1) is 14.3. The van der Waals surface area contributed by atoms with Gasteiger partial charge in [-0.1, -0.05) is 11.6 Å². The Morgan fingerprint density at radius 2 is 2.05 bits per heavy atom. The summed E-state index contributed by atoms with van der Waals surface area (Å²) in [7, 11) is 1.77. The molecular formula is C15H12ClN3O3. The van der Waals surface area contributed by atoms with E-state index in [1.807, 2.05) is 0 Å². The van der Waals surface area contributed by atoms with Gasteiger partial charge < -0.3 is 13.7 Å². The first-order valence-corrected chi connectivity index (χ1v) is 6.88. The van der Waals surface area contributed by atoms with Crippen LogP contribution in [0.5, 0.6) is 0 Å². The molecule has 7 heteroatoms. The lowest BCUT2D eigenvalue weighted by Gasteiger charge is -2.02. The number of aromatic nitrogens is 3. The van der Waals surface area contributed by atoms with Crippen LogP contribution in [-0.4, -0.2) is 20.7 Å². The Morgan fingerprint density at radius 3 is 2.73 bits per heavy atom. The van der Waals surface area contributed by atoms with E-state index in [9.17, 15) is 4.79 Å². The van der Waals surface area contributed by atoms with Crippen LogP contribution < -0.4 is 0 Å². The molecular weight excluding hydrogens is 306 g/mol. The fraction of sp³-hybridized carbons (Fsp3) is 0.133. The molecule has 0 bridgehead atoms. The monoisotopic (exact) mass is 317 g/mol. The maximum absolute atomic E-state index is 11.9. The van der Waals surface area contributed by atoms with Crippen LogP contribution in [-0.2, 0) is 18.4 Å². The highest BCUT2D eigenvalue weighted by molar-refractivity contribution is 6.30. The number of carbonyl (C=O) groups is 1. The zero-order chi connectivity index (χ0) is 15.5. The summed E-state index contributed by atoms with van der Waals surface area (Å²) in [5.74, 6) is 0.132. The fourth-order valence-corrected chi connectivity index (χ4v) is 2.02. The topological polar surface area (TPSA) is 70.2 Å². The molecule has 0 radical (unpaired) electrons. The van der Waals surface area contributed by atoms with Crippen molar-refractivity contribution in [2.75, 3.05) is 0 Å². The van der Waals surface area contributed by atoms with Crippen LogP contribution in [0.3, 0.4) is 0 Å². The smallest absolute Gasteiger partial charge is 0.355 e. The number of carbonyl (C=O) groups excluding carboxylic acids is 1. The van der Waals surface area contributed by atoms with Crippen molar-refractivity contribution < 1.29 is 13.9 Å². The van der Waals surface area contributed by atoms with Gasteiger partial charge in [0.25, 0.3) is 5.89 Å². The molecule has 3 rings (SSSR count). The molecule has 0 fully saturated rings. The summed E-state index contributed by atoms with van der Waals surface area (Å²) in [4.78, 5) is 11.9. The average molecular weight is 318 g/mol. The zero-order valence-electron chi connectivity index (χ0n) is 11.7. The van der Waals surface area contributed by atoms with Gasteiger partial charge in [-0.3, -0.25) is 0 Å². The summed E-state index contributed by atoms with van der Waals surface area (Å²) in [6.07, 6.45) is 1.77. The van der Waals surface area contributed by atoms with Crippen molar-refractivity contribution in [1.29, 1.82) is 0 Å². The predicted octanol–water partition coefficient (Wildman–Crippen LogP) is 3.09. The Morgan fingerprint density at radius 1 is 1.27 bits per heavy atom. The van der Waals surface area contributed by atoms with Crippen LogP contribution in [0.15, 0.2) is 47.0 Å². The van der Waals surface area contributed by atoms with Crippen molar-refractivity contribution in [2.45, 2.75) is 6.61 Å². The van der Waals surface area contributed by atoms with Gasteiger partial charge in [-0.05, 0) is 36.4 Å². The normalized spacial score (nSPS) is 10.6. The van der Waals surface area contributed by atoms with Crippen LogP contribution >= 0.6 is 11.6 Å². The summed E-state index contributed by atoms with van der Waals surface area (Å²) in [5.41, 5.74) is 1.20. The van der Waals surface area contributed by atoms with Crippen LogP contribution in [0.25, 0.3) is 11.5 Å². The van der Waals surface area contributed by atoms with Gasteiger partial charge in [0.15, 0.2) is 6.61 Å². The number of rotatable bonds is 4. The average Bonchev–Trinajstić information content (AvgIpc) is 3.14. The van der Waals surface area contributed by atoms with Crippen molar-refractivity contribution in [3.63, 3.8) is 0 Å². The molecule has 6 nitrogen and oxygen atoms in total. The second kappa shape index (κ2) is 6.03. The van der Waals surface area contributed by atoms with Gasteiger partial charge in [0.2, 0.25) is 5.89 Å². The molecule has 2 aromatic heterocycles. The third kappa shape index (κ3) is 3.01. The SMILES string of the molecule is Cn1cccc1C(=O)OCc1nnc(-c2ccc(Cl)cc2)o1. The Kier molecular flexibility index (Phi) is 3.93. The van der Waals surface area contributed by atoms with E-state index in [0.717, 1.165) is 5.56 Å². The second-order valence-electron chi connectivity index (χ2n) is 4.59. The molecule has 0 unspecified atom stereocenters. The third-order valence-electron chi connectivity index (χ3n) is 3.04. The molecule has 3 aromatic rings. The summed E-state index contributed by atoms with van der Waals surface area (Å²) < 4.78 is 12.3. The highest BCUT2D eigenvalue weighted by atomic mass is 35.5. The van der Waals surface area contributed by atoms with E-state index in [-0.39, 0.29) is 12.5 Å². The number of nitrogens with zero attached hydrogens (tertiary/aromatic N) is 3. The Bertz CT molecular complexity index is 792. The van der Waals surface area contributed by atoms with E-state index >= 15 is 0 Å². The minimum absolute atomic E-state index is 0.0788. The van der Waals surface area contributed by atoms with Gasteiger partial charge in [-0.25, -0.2) is 4.79 Å². The van der Waals surface area contributed by atoms with Crippen LogP contribution in [0.4, 0.5) is 0 Å². The van der Waals surface area contributed by atoms with E-state index in [4.69, 9.17) is 20.8 Å². The van der Waals surface area contributed by atoms with Crippen molar-refractivity contribution in [2.24, 2.45) is 7.05 Å². The molecule has 0 saturated heterocycles. The molecule has 0 saturated carbocycles. The molecule has 0 aliphatic carbocycles. The van der Waals surface area contributed by atoms with Crippen LogP contribution in [0.1, 0.15) is 16.4 Å². The fourth-order valence-electron chi connectivity index (χ4n) is 1.90. The van der Waals surface area contributed by atoms with Gasteiger partial charge in [0, 0.05) is 23.8 Å². The van der Waals surface area contributed by atoms with Gasteiger partial charge in [-0.15, -0.1) is 10.2 Å². The maximum atomic E-state index is 11.9. The zero-order valence-corrected chi connectivity index (χ0v) is 12.4. The highest BCUT2D eigenvalue weighted by Gasteiger charge is 2.14. The molecule has 0 N–H and O–H groups in total. The number of benzene rings is 1.